The van der Waals surface area contributed by atoms with Crippen LogP contribution in [0.4, 0.5) is 0 Å². The highest BCUT2D eigenvalue weighted by Gasteiger charge is 2.22. The van der Waals surface area contributed by atoms with Crippen LogP contribution in [0.15, 0.2) is 22.7 Å². The van der Waals surface area contributed by atoms with Crippen molar-refractivity contribution in [2.45, 2.75) is 12.1 Å². The van der Waals surface area contributed by atoms with Gasteiger partial charge in [-0.1, -0.05) is 6.07 Å². The Kier molecular flexibility index (Phi) is 5.39. The van der Waals surface area contributed by atoms with Gasteiger partial charge >= 0.3 is 0 Å². The number of halogens is 1. The largest absolute Gasteiger partial charge is 0.496 e. The van der Waals surface area contributed by atoms with Crippen molar-refractivity contribution < 1.29 is 9.84 Å². The van der Waals surface area contributed by atoms with Crippen molar-refractivity contribution in [2.24, 2.45) is 5.73 Å². The van der Waals surface area contributed by atoms with Crippen LogP contribution in [-0.4, -0.2) is 43.9 Å². The van der Waals surface area contributed by atoms with Crippen LogP contribution >= 0.6 is 15.9 Å². The van der Waals surface area contributed by atoms with E-state index in [2.05, 4.69) is 15.9 Å². The molecule has 0 aromatic heterocycles. The molecule has 4 nitrogen and oxygen atoms in total. The highest BCUT2D eigenvalue weighted by Crippen LogP contribution is 2.30. The number of nitrogens with two attached hydrogens (primary N) is 1. The summed E-state index contributed by atoms with van der Waals surface area (Å²) in [5.74, 6) is 0.781. The summed E-state index contributed by atoms with van der Waals surface area (Å²) >= 11 is 3.45. The summed E-state index contributed by atoms with van der Waals surface area (Å²) in [6.07, 6.45) is 0. The first-order valence-corrected chi connectivity index (χ1v) is 6.16. The summed E-state index contributed by atoms with van der Waals surface area (Å²) in [7, 11) is 5.51. The number of aliphatic hydroxyl groups is 1. The van der Waals surface area contributed by atoms with E-state index in [1.807, 2.05) is 37.2 Å². The Morgan fingerprint density at radius 3 is 2.53 bits per heavy atom. The maximum absolute atomic E-state index is 9.20. The Hall–Kier alpha value is -0.620. The molecule has 96 valence electrons. The van der Waals surface area contributed by atoms with Crippen molar-refractivity contribution in [1.82, 2.24) is 4.90 Å². The highest BCUT2D eigenvalue weighted by atomic mass is 79.9. The first-order valence-electron chi connectivity index (χ1n) is 5.37. The van der Waals surface area contributed by atoms with Crippen LogP contribution in [-0.2, 0) is 0 Å². The molecule has 0 heterocycles. The lowest BCUT2D eigenvalue weighted by atomic mass is 9.99. The van der Waals surface area contributed by atoms with E-state index >= 15 is 0 Å². The second-order valence-electron chi connectivity index (χ2n) is 4.15. The van der Waals surface area contributed by atoms with Crippen molar-refractivity contribution >= 4 is 15.9 Å². The van der Waals surface area contributed by atoms with Crippen molar-refractivity contribution in [3.63, 3.8) is 0 Å². The van der Waals surface area contributed by atoms with Crippen LogP contribution in [0, 0.1) is 0 Å². The molecular weight excluding hydrogens is 284 g/mol. The van der Waals surface area contributed by atoms with Gasteiger partial charge in [-0.2, -0.15) is 0 Å². The summed E-state index contributed by atoms with van der Waals surface area (Å²) in [6, 6.07) is 5.48. The van der Waals surface area contributed by atoms with Gasteiger partial charge in [0.25, 0.3) is 0 Å². The van der Waals surface area contributed by atoms with Crippen LogP contribution in [0.1, 0.15) is 11.6 Å². The van der Waals surface area contributed by atoms with Gasteiger partial charge in [0.15, 0.2) is 0 Å². The molecule has 1 aromatic rings. The minimum absolute atomic E-state index is 0.0257. The van der Waals surface area contributed by atoms with Crippen molar-refractivity contribution in [2.75, 3.05) is 27.8 Å². The molecule has 2 unspecified atom stereocenters. The maximum Gasteiger partial charge on any atom is 0.133 e. The average molecular weight is 303 g/mol. The van der Waals surface area contributed by atoms with E-state index in [1.54, 1.807) is 7.11 Å². The first kappa shape index (κ1) is 14.4. The molecule has 0 spiro atoms. The number of hydrogen-bond acceptors (Lipinski definition) is 4. The quantitative estimate of drug-likeness (QED) is 0.863. The first-order chi connectivity index (χ1) is 8.01. The molecular formula is C12H19BrN2O2. The third-order valence-electron chi connectivity index (χ3n) is 2.69. The molecule has 0 aliphatic rings. The topological polar surface area (TPSA) is 58.7 Å². The SMILES string of the molecule is COc1ccc(C(C(N)CO)N(C)C)cc1Br. The molecule has 2 atom stereocenters. The molecule has 0 fully saturated rings. The molecule has 1 rings (SSSR count). The van der Waals surface area contributed by atoms with Crippen molar-refractivity contribution in [3.05, 3.63) is 28.2 Å². The van der Waals surface area contributed by atoms with Gasteiger partial charge in [0.1, 0.15) is 5.75 Å². The second kappa shape index (κ2) is 6.35. The van der Waals surface area contributed by atoms with Crippen LogP contribution in [0.5, 0.6) is 5.75 Å². The fraction of sp³-hybridized carbons (Fsp3) is 0.500. The van der Waals surface area contributed by atoms with E-state index in [1.165, 1.54) is 0 Å². The Labute approximate surface area is 110 Å². The zero-order valence-corrected chi connectivity index (χ0v) is 11.9. The molecule has 0 saturated heterocycles. The van der Waals surface area contributed by atoms with E-state index in [0.717, 1.165) is 15.8 Å². The molecule has 0 aliphatic carbocycles. The molecule has 0 aliphatic heterocycles. The normalized spacial score (nSPS) is 14.8. The number of aliphatic hydroxyl groups excluding tert-OH is 1. The van der Waals surface area contributed by atoms with Gasteiger partial charge in [0, 0.05) is 6.04 Å². The number of benzene rings is 1. The standard InChI is InChI=1S/C12H19BrN2O2/c1-15(2)12(10(14)7-16)8-4-5-11(17-3)9(13)6-8/h4-6,10,12,16H,7,14H2,1-3H3. The molecule has 0 amide bonds. The van der Waals surface area contributed by atoms with Crippen LogP contribution in [0.25, 0.3) is 0 Å². The Bertz CT molecular complexity index is 372. The lowest BCUT2D eigenvalue weighted by molar-refractivity contribution is 0.181. The lowest BCUT2D eigenvalue weighted by Crippen LogP contribution is -2.39. The molecule has 17 heavy (non-hydrogen) atoms. The molecule has 0 radical (unpaired) electrons. The molecule has 5 heteroatoms. The lowest BCUT2D eigenvalue weighted by Gasteiger charge is -2.29. The van der Waals surface area contributed by atoms with E-state index < -0.39 is 0 Å². The number of methoxy groups -OCH3 is 1. The summed E-state index contributed by atoms with van der Waals surface area (Å²) in [4.78, 5) is 2.00. The average Bonchev–Trinajstić information content (AvgIpc) is 2.28. The summed E-state index contributed by atoms with van der Waals surface area (Å²) in [5, 5.41) is 9.20. The second-order valence-corrected chi connectivity index (χ2v) is 5.00. The monoisotopic (exact) mass is 302 g/mol. The Morgan fingerprint density at radius 2 is 2.12 bits per heavy atom. The number of hydrogen-bond donors (Lipinski definition) is 2. The van der Waals surface area contributed by atoms with Gasteiger partial charge in [-0.3, -0.25) is 0 Å². The maximum atomic E-state index is 9.20. The van der Waals surface area contributed by atoms with Gasteiger partial charge in [-0.25, -0.2) is 0 Å². The predicted octanol–water partition coefficient (Wildman–Crippen LogP) is 1.38. The van der Waals surface area contributed by atoms with Crippen molar-refractivity contribution in [3.8, 4) is 5.75 Å². The van der Waals surface area contributed by atoms with Gasteiger partial charge in [-0.15, -0.1) is 0 Å². The van der Waals surface area contributed by atoms with Crippen molar-refractivity contribution in [1.29, 1.82) is 0 Å². The fourth-order valence-corrected chi connectivity index (χ4v) is 2.45. The third kappa shape index (κ3) is 3.42. The van der Waals surface area contributed by atoms with Crippen LogP contribution in [0.2, 0.25) is 0 Å². The number of rotatable bonds is 5. The van der Waals surface area contributed by atoms with Gasteiger partial charge in [-0.05, 0) is 47.7 Å². The van der Waals surface area contributed by atoms with Gasteiger partial charge in [0.05, 0.1) is 24.2 Å². The summed E-state index contributed by atoms with van der Waals surface area (Å²) < 4.78 is 6.07. The summed E-state index contributed by atoms with van der Waals surface area (Å²) in [5.41, 5.74) is 6.98. The van der Waals surface area contributed by atoms with Crippen LogP contribution < -0.4 is 10.5 Å². The van der Waals surface area contributed by atoms with Crippen LogP contribution in [0.3, 0.4) is 0 Å². The molecule has 0 saturated carbocycles. The van der Waals surface area contributed by atoms with Gasteiger partial charge < -0.3 is 20.5 Å². The fourth-order valence-electron chi connectivity index (χ4n) is 1.89. The van der Waals surface area contributed by atoms with E-state index in [0.29, 0.717) is 0 Å². The predicted molar refractivity (Wildman–Crippen MR) is 72.2 cm³/mol. The number of ether oxygens (including phenoxy) is 1. The summed E-state index contributed by atoms with van der Waals surface area (Å²) in [6.45, 7) is -0.0491. The third-order valence-corrected chi connectivity index (χ3v) is 3.31. The van der Waals surface area contributed by atoms with Gasteiger partial charge in [0.2, 0.25) is 0 Å². The molecule has 0 bridgehead atoms. The molecule has 1 aromatic carbocycles. The van der Waals surface area contributed by atoms with E-state index in [9.17, 15) is 5.11 Å². The minimum Gasteiger partial charge on any atom is -0.496 e. The number of likely N-dealkylation sites (N-methyl/N-ethyl adjacent to an activating group) is 1. The Morgan fingerprint density at radius 1 is 1.47 bits per heavy atom. The smallest absolute Gasteiger partial charge is 0.133 e. The Balaban J connectivity index is 3.07. The zero-order chi connectivity index (χ0) is 13.0. The highest BCUT2D eigenvalue weighted by molar-refractivity contribution is 9.10. The molecule has 3 N–H and O–H groups in total. The van der Waals surface area contributed by atoms with E-state index in [-0.39, 0.29) is 18.7 Å². The minimum atomic E-state index is -0.315. The van der Waals surface area contributed by atoms with E-state index in [4.69, 9.17) is 10.5 Å². The zero-order valence-electron chi connectivity index (χ0n) is 10.4. The number of nitrogens with zero attached hydrogens (tertiary/aromatic N) is 1.